The Bertz CT molecular complexity index is 557. The van der Waals surface area contributed by atoms with E-state index in [1.54, 1.807) is 0 Å². The second-order valence-corrected chi connectivity index (χ2v) is 6.38. The van der Waals surface area contributed by atoms with Gasteiger partial charge in [-0.25, -0.2) is 0 Å². The highest BCUT2D eigenvalue weighted by atomic mass is 14.9. The van der Waals surface area contributed by atoms with Gasteiger partial charge in [-0.1, -0.05) is 67.9 Å². The van der Waals surface area contributed by atoms with Crippen LogP contribution >= 0.6 is 0 Å². The molecule has 0 saturated carbocycles. The lowest BCUT2D eigenvalue weighted by Gasteiger charge is -2.22. The maximum atomic E-state index is 3.63. The molecule has 0 spiro atoms. The van der Waals surface area contributed by atoms with Crippen LogP contribution in [-0.2, 0) is 0 Å². The van der Waals surface area contributed by atoms with Crippen LogP contribution in [0.5, 0.6) is 0 Å². The van der Waals surface area contributed by atoms with Gasteiger partial charge in [0.2, 0.25) is 0 Å². The molecule has 1 heteroatoms. The van der Waals surface area contributed by atoms with Crippen LogP contribution in [0.3, 0.4) is 0 Å². The lowest BCUT2D eigenvalue weighted by Crippen LogP contribution is -2.26. The maximum Gasteiger partial charge on any atom is 0.0217 e. The highest BCUT2D eigenvalue weighted by Crippen LogP contribution is 2.27. The van der Waals surface area contributed by atoms with Gasteiger partial charge in [0.1, 0.15) is 0 Å². The Hall–Kier alpha value is -1.60. The van der Waals surface area contributed by atoms with Crippen molar-refractivity contribution in [1.82, 2.24) is 5.32 Å². The summed E-state index contributed by atoms with van der Waals surface area (Å²) in [6.45, 7) is 10.9. The lowest BCUT2D eigenvalue weighted by atomic mass is 9.87. The summed E-state index contributed by atoms with van der Waals surface area (Å²) in [6, 6.07) is 17.6. The Morgan fingerprint density at radius 2 is 1.62 bits per heavy atom. The summed E-state index contributed by atoms with van der Waals surface area (Å²) in [7, 11) is 0. The average Bonchev–Trinajstić information content (AvgIpc) is 2.47. The first-order valence-electron chi connectivity index (χ1n) is 7.90. The van der Waals surface area contributed by atoms with E-state index in [9.17, 15) is 0 Å². The third-order valence-electron chi connectivity index (χ3n) is 3.91. The second kappa shape index (κ2) is 7.42. The molecule has 1 unspecified atom stereocenters. The van der Waals surface area contributed by atoms with Gasteiger partial charge in [-0.05, 0) is 43.0 Å². The third-order valence-corrected chi connectivity index (χ3v) is 3.91. The summed E-state index contributed by atoms with van der Waals surface area (Å²) >= 11 is 0. The Labute approximate surface area is 129 Å². The maximum absolute atomic E-state index is 3.63. The number of hydrogen-bond donors (Lipinski definition) is 1. The number of rotatable bonds is 6. The van der Waals surface area contributed by atoms with Gasteiger partial charge in [-0.3, -0.25) is 0 Å². The molecule has 0 bridgehead atoms. The van der Waals surface area contributed by atoms with Crippen molar-refractivity contribution in [3.63, 3.8) is 0 Å². The third kappa shape index (κ3) is 4.44. The van der Waals surface area contributed by atoms with Crippen LogP contribution in [0.15, 0.2) is 48.5 Å². The van der Waals surface area contributed by atoms with Crippen LogP contribution < -0.4 is 5.32 Å². The summed E-state index contributed by atoms with van der Waals surface area (Å²) in [5, 5.41) is 3.63. The number of aryl methyl sites for hydroxylation is 2. The van der Waals surface area contributed by atoms with E-state index in [4.69, 9.17) is 0 Å². The van der Waals surface area contributed by atoms with Crippen molar-refractivity contribution in [2.24, 2.45) is 5.92 Å². The molecule has 0 aliphatic carbocycles. The van der Waals surface area contributed by atoms with Gasteiger partial charge in [0, 0.05) is 12.5 Å². The predicted molar refractivity (Wildman–Crippen MR) is 91.9 cm³/mol. The fourth-order valence-electron chi connectivity index (χ4n) is 2.74. The Balaban J connectivity index is 2.29. The summed E-state index contributed by atoms with van der Waals surface area (Å²) in [4.78, 5) is 0. The van der Waals surface area contributed by atoms with Crippen LogP contribution in [0.1, 0.15) is 42.0 Å². The van der Waals surface area contributed by atoms with Crippen LogP contribution in [-0.4, -0.2) is 13.1 Å². The van der Waals surface area contributed by atoms with E-state index in [0.29, 0.717) is 11.8 Å². The summed E-state index contributed by atoms with van der Waals surface area (Å²) in [5.41, 5.74) is 5.54. The van der Waals surface area contributed by atoms with Crippen molar-refractivity contribution < 1.29 is 0 Å². The Kier molecular flexibility index (Phi) is 5.58. The molecule has 0 saturated heterocycles. The van der Waals surface area contributed by atoms with Crippen LogP contribution in [0.4, 0.5) is 0 Å². The minimum Gasteiger partial charge on any atom is -0.316 e. The molecule has 0 fully saturated rings. The monoisotopic (exact) mass is 281 g/mol. The molecule has 21 heavy (non-hydrogen) atoms. The molecular weight excluding hydrogens is 254 g/mol. The SMILES string of the molecule is Cc1ccc(C)c(C(CNCC(C)C)c2ccccc2)c1. The summed E-state index contributed by atoms with van der Waals surface area (Å²) < 4.78 is 0. The normalized spacial score (nSPS) is 12.6. The minimum atomic E-state index is 0.421. The van der Waals surface area contributed by atoms with Crippen LogP contribution in [0.25, 0.3) is 0 Å². The molecule has 112 valence electrons. The fourth-order valence-corrected chi connectivity index (χ4v) is 2.74. The van der Waals surface area contributed by atoms with Gasteiger partial charge in [0.25, 0.3) is 0 Å². The highest BCUT2D eigenvalue weighted by Gasteiger charge is 2.16. The van der Waals surface area contributed by atoms with E-state index in [-0.39, 0.29) is 0 Å². The van der Waals surface area contributed by atoms with Crippen molar-refractivity contribution in [2.75, 3.05) is 13.1 Å². The van der Waals surface area contributed by atoms with Crippen molar-refractivity contribution in [3.05, 3.63) is 70.8 Å². The lowest BCUT2D eigenvalue weighted by molar-refractivity contribution is 0.536. The van der Waals surface area contributed by atoms with Crippen molar-refractivity contribution in [2.45, 2.75) is 33.6 Å². The Morgan fingerprint density at radius 3 is 2.29 bits per heavy atom. The van der Waals surface area contributed by atoms with Crippen molar-refractivity contribution in [3.8, 4) is 0 Å². The molecule has 0 radical (unpaired) electrons. The highest BCUT2D eigenvalue weighted by molar-refractivity contribution is 5.40. The number of nitrogens with one attached hydrogen (secondary N) is 1. The standard InChI is InChI=1S/C20H27N/c1-15(2)13-21-14-20(18-8-6-5-7-9-18)19-12-16(3)10-11-17(19)4/h5-12,15,20-21H,13-14H2,1-4H3. The average molecular weight is 281 g/mol. The predicted octanol–water partition coefficient (Wildman–Crippen LogP) is 4.68. The first kappa shape index (κ1) is 15.8. The fraction of sp³-hybridized carbons (Fsp3) is 0.400. The molecular formula is C20H27N. The first-order valence-corrected chi connectivity index (χ1v) is 7.90. The van der Waals surface area contributed by atoms with Gasteiger partial charge in [0.05, 0.1) is 0 Å². The topological polar surface area (TPSA) is 12.0 Å². The molecule has 0 heterocycles. The van der Waals surface area contributed by atoms with E-state index < -0.39 is 0 Å². The van der Waals surface area contributed by atoms with E-state index in [2.05, 4.69) is 81.5 Å². The molecule has 2 aromatic rings. The molecule has 1 atom stereocenters. The molecule has 0 aromatic heterocycles. The van der Waals surface area contributed by atoms with Crippen LogP contribution in [0, 0.1) is 19.8 Å². The quantitative estimate of drug-likeness (QED) is 0.810. The molecule has 0 amide bonds. The van der Waals surface area contributed by atoms with E-state index >= 15 is 0 Å². The molecule has 0 aliphatic rings. The zero-order valence-electron chi connectivity index (χ0n) is 13.7. The smallest absolute Gasteiger partial charge is 0.0217 e. The largest absolute Gasteiger partial charge is 0.316 e. The second-order valence-electron chi connectivity index (χ2n) is 6.38. The van der Waals surface area contributed by atoms with E-state index in [0.717, 1.165) is 13.1 Å². The van der Waals surface area contributed by atoms with Gasteiger partial charge >= 0.3 is 0 Å². The molecule has 1 nitrogen and oxygen atoms in total. The first-order chi connectivity index (χ1) is 10.1. The Morgan fingerprint density at radius 1 is 0.905 bits per heavy atom. The van der Waals surface area contributed by atoms with E-state index in [1.165, 1.54) is 22.3 Å². The van der Waals surface area contributed by atoms with Gasteiger partial charge < -0.3 is 5.32 Å². The van der Waals surface area contributed by atoms with Crippen molar-refractivity contribution >= 4 is 0 Å². The number of hydrogen-bond acceptors (Lipinski definition) is 1. The van der Waals surface area contributed by atoms with Crippen LogP contribution in [0.2, 0.25) is 0 Å². The van der Waals surface area contributed by atoms with Gasteiger partial charge in [0.15, 0.2) is 0 Å². The zero-order valence-corrected chi connectivity index (χ0v) is 13.7. The van der Waals surface area contributed by atoms with Gasteiger partial charge in [-0.2, -0.15) is 0 Å². The molecule has 1 N–H and O–H groups in total. The molecule has 0 aliphatic heterocycles. The van der Waals surface area contributed by atoms with E-state index in [1.807, 2.05) is 0 Å². The molecule has 2 aromatic carbocycles. The minimum absolute atomic E-state index is 0.421. The zero-order chi connectivity index (χ0) is 15.2. The summed E-state index contributed by atoms with van der Waals surface area (Å²) in [5.74, 6) is 1.10. The number of benzene rings is 2. The molecule has 2 rings (SSSR count). The van der Waals surface area contributed by atoms with Gasteiger partial charge in [-0.15, -0.1) is 0 Å². The summed E-state index contributed by atoms with van der Waals surface area (Å²) in [6.07, 6.45) is 0. The van der Waals surface area contributed by atoms with Crippen molar-refractivity contribution in [1.29, 1.82) is 0 Å².